The topological polar surface area (TPSA) is 63.8 Å². The molecule has 36 heavy (non-hydrogen) atoms. The van der Waals surface area contributed by atoms with Gasteiger partial charge in [0, 0.05) is 53.2 Å². The van der Waals surface area contributed by atoms with Gasteiger partial charge in [-0.3, -0.25) is 9.79 Å². The average molecular weight is 491 g/mol. The van der Waals surface area contributed by atoms with E-state index in [-0.39, 0.29) is 34.8 Å². The van der Waals surface area contributed by atoms with Crippen LogP contribution in [-0.4, -0.2) is 35.1 Å². The van der Waals surface area contributed by atoms with Crippen LogP contribution in [0.4, 0.5) is 8.78 Å². The van der Waals surface area contributed by atoms with Crippen molar-refractivity contribution in [3.8, 4) is 5.69 Å². The molecule has 2 aromatic carbocycles. The molecule has 7 rings (SSSR count). The smallest absolute Gasteiger partial charge is 0.306 e. The Hall–Kier alpha value is -3.06. The second-order valence-electron chi connectivity index (χ2n) is 11.2. The zero-order valence-electron chi connectivity index (χ0n) is 20.0. The first kappa shape index (κ1) is 22.2. The molecule has 1 saturated heterocycles. The third-order valence-electron chi connectivity index (χ3n) is 9.06. The van der Waals surface area contributed by atoms with Crippen molar-refractivity contribution in [2.45, 2.75) is 56.9 Å². The molecule has 2 aliphatic heterocycles. The fraction of sp³-hybridized carbons (Fsp3) is 0.448. The summed E-state index contributed by atoms with van der Waals surface area (Å²) >= 11 is 0. The Morgan fingerprint density at radius 3 is 2.47 bits per heavy atom. The van der Waals surface area contributed by atoms with Crippen molar-refractivity contribution in [3.63, 3.8) is 0 Å². The highest BCUT2D eigenvalue weighted by atomic mass is 19.1. The van der Waals surface area contributed by atoms with Gasteiger partial charge in [-0.15, -0.1) is 0 Å². The van der Waals surface area contributed by atoms with Gasteiger partial charge in [0.15, 0.2) is 0 Å². The summed E-state index contributed by atoms with van der Waals surface area (Å²) < 4.78 is 38.0. The number of hydrogen-bond acceptors (Lipinski definition) is 3. The van der Waals surface area contributed by atoms with Gasteiger partial charge in [-0.05, 0) is 85.8 Å². The molecule has 1 N–H and O–H groups in total. The molecule has 4 aliphatic rings. The highest BCUT2D eigenvalue weighted by Gasteiger charge is 2.56. The van der Waals surface area contributed by atoms with Crippen molar-refractivity contribution in [1.29, 1.82) is 0 Å². The highest BCUT2D eigenvalue weighted by molar-refractivity contribution is 5.97. The number of benzene rings is 2. The van der Waals surface area contributed by atoms with Crippen LogP contribution in [0.3, 0.4) is 0 Å². The van der Waals surface area contributed by atoms with Crippen LogP contribution in [0.25, 0.3) is 16.6 Å². The number of hydrogen-bond donors (Lipinski definition) is 1. The van der Waals surface area contributed by atoms with Crippen LogP contribution in [0.5, 0.6) is 0 Å². The lowest BCUT2D eigenvalue weighted by atomic mass is 9.47. The van der Waals surface area contributed by atoms with Crippen molar-refractivity contribution in [1.82, 2.24) is 4.57 Å². The molecule has 7 heteroatoms. The lowest BCUT2D eigenvalue weighted by Gasteiger charge is -2.57. The molecule has 1 aromatic heterocycles. The van der Waals surface area contributed by atoms with Crippen LogP contribution in [-0.2, 0) is 16.1 Å². The van der Waals surface area contributed by atoms with Crippen LogP contribution in [0.15, 0.2) is 35.3 Å². The first-order valence-corrected chi connectivity index (χ1v) is 12.9. The fourth-order valence-electron chi connectivity index (χ4n) is 7.36. The Kier molecular flexibility index (Phi) is 4.91. The standard InChI is InChI=1S/C29H28F2N2O3/c30-20-1-3-21(4-2-20)33-23-9-17-14-32-15-22(17)26(31)25(23)24(27(33)16-5-7-36-8-6-16)18-10-29(11-18)12-19(13-29)28(34)35/h1-4,9,14,16,18-19H,5-8,10-13,15H2,(H,34,35). The number of aliphatic imine (C=N–C) groups is 1. The number of aliphatic carboxylic acids is 1. The van der Waals surface area contributed by atoms with E-state index in [9.17, 15) is 14.3 Å². The minimum Gasteiger partial charge on any atom is -0.481 e. The zero-order chi connectivity index (χ0) is 24.6. The summed E-state index contributed by atoms with van der Waals surface area (Å²) in [4.78, 5) is 15.8. The van der Waals surface area contributed by atoms with E-state index in [1.165, 1.54) is 12.1 Å². The van der Waals surface area contributed by atoms with E-state index in [1.807, 2.05) is 6.07 Å². The largest absolute Gasteiger partial charge is 0.481 e. The van der Waals surface area contributed by atoms with Gasteiger partial charge in [0.25, 0.3) is 0 Å². The summed E-state index contributed by atoms with van der Waals surface area (Å²) in [5, 5.41) is 10.1. The molecule has 0 bridgehead atoms. The third kappa shape index (κ3) is 3.21. The van der Waals surface area contributed by atoms with Crippen LogP contribution < -0.4 is 0 Å². The molecule has 0 radical (unpaired) electrons. The summed E-state index contributed by atoms with van der Waals surface area (Å²) in [6.07, 6.45) is 6.66. The lowest BCUT2D eigenvalue weighted by Crippen LogP contribution is -2.49. The van der Waals surface area contributed by atoms with Crippen LogP contribution in [0.2, 0.25) is 0 Å². The maximum Gasteiger partial charge on any atom is 0.306 e. The first-order chi connectivity index (χ1) is 17.4. The maximum atomic E-state index is 16.3. The molecule has 0 unspecified atom stereocenters. The van der Waals surface area contributed by atoms with Gasteiger partial charge in [0.2, 0.25) is 0 Å². The lowest BCUT2D eigenvalue weighted by molar-refractivity contribution is -0.155. The maximum absolute atomic E-state index is 16.3. The summed E-state index contributed by atoms with van der Waals surface area (Å²) in [5.41, 5.74) is 5.33. The minimum absolute atomic E-state index is 0.0707. The van der Waals surface area contributed by atoms with Gasteiger partial charge in [-0.25, -0.2) is 8.78 Å². The number of aromatic nitrogens is 1. The summed E-state index contributed by atoms with van der Waals surface area (Å²) in [6, 6.07) is 8.49. The molecule has 0 atom stereocenters. The second kappa shape index (κ2) is 7.97. The number of carboxylic acid groups (broad SMARTS) is 1. The molecular weight excluding hydrogens is 462 g/mol. The average Bonchev–Trinajstić information content (AvgIpc) is 3.42. The van der Waals surface area contributed by atoms with Crippen molar-refractivity contribution in [2.75, 3.05) is 13.2 Å². The van der Waals surface area contributed by atoms with E-state index in [2.05, 4.69) is 9.56 Å². The predicted molar refractivity (Wildman–Crippen MR) is 132 cm³/mol. The van der Waals surface area contributed by atoms with Crippen molar-refractivity contribution in [2.24, 2.45) is 16.3 Å². The Morgan fingerprint density at radius 1 is 1.06 bits per heavy atom. The fourth-order valence-corrected chi connectivity index (χ4v) is 7.36. The predicted octanol–water partition coefficient (Wildman–Crippen LogP) is 6.09. The van der Waals surface area contributed by atoms with Gasteiger partial charge in [0.1, 0.15) is 11.6 Å². The normalized spacial score (nSPS) is 27.3. The number of ether oxygens (including phenoxy) is 1. The number of nitrogens with zero attached hydrogens (tertiary/aromatic N) is 2. The molecule has 3 heterocycles. The van der Waals surface area contributed by atoms with Gasteiger partial charge in [-0.2, -0.15) is 0 Å². The van der Waals surface area contributed by atoms with Gasteiger partial charge < -0.3 is 14.4 Å². The zero-order valence-corrected chi connectivity index (χ0v) is 20.0. The quantitative estimate of drug-likeness (QED) is 0.481. The molecular formula is C29H28F2N2O3. The Labute approximate surface area is 207 Å². The Morgan fingerprint density at radius 2 is 1.78 bits per heavy atom. The first-order valence-electron chi connectivity index (χ1n) is 12.9. The van der Waals surface area contributed by atoms with Crippen molar-refractivity contribution < 1.29 is 23.4 Å². The van der Waals surface area contributed by atoms with E-state index >= 15 is 4.39 Å². The molecule has 2 saturated carbocycles. The van der Waals surface area contributed by atoms with Crippen molar-refractivity contribution in [3.05, 3.63) is 64.4 Å². The summed E-state index contributed by atoms with van der Waals surface area (Å²) in [5.74, 6) is -1.07. The summed E-state index contributed by atoms with van der Waals surface area (Å²) in [6.45, 7) is 1.67. The number of carbonyl (C=O) groups is 1. The SMILES string of the molecule is O=C(O)C1CC2(C1)CC(c1c(C3CCOCC3)n(-c3ccc(F)cc3)c3cc4c(c(F)c13)CN=C4)C2. The van der Waals surface area contributed by atoms with E-state index in [0.717, 1.165) is 53.7 Å². The van der Waals surface area contributed by atoms with Gasteiger partial charge in [0.05, 0.1) is 18.0 Å². The second-order valence-corrected chi connectivity index (χ2v) is 11.2. The van der Waals surface area contributed by atoms with Gasteiger partial charge in [-0.1, -0.05) is 0 Å². The van der Waals surface area contributed by atoms with Crippen molar-refractivity contribution >= 4 is 23.1 Å². The Bertz CT molecular complexity index is 1410. The van der Waals surface area contributed by atoms with E-state index < -0.39 is 5.97 Å². The molecule has 5 nitrogen and oxygen atoms in total. The summed E-state index contributed by atoms with van der Waals surface area (Å²) in [7, 11) is 0. The molecule has 1 spiro atoms. The number of rotatable bonds is 4. The number of fused-ring (bicyclic) bond motifs is 2. The van der Waals surface area contributed by atoms with Gasteiger partial charge >= 0.3 is 5.97 Å². The number of halogens is 2. The van der Waals surface area contributed by atoms with E-state index in [1.54, 1.807) is 18.3 Å². The molecule has 186 valence electrons. The molecule has 0 amide bonds. The van der Waals surface area contributed by atoms with Crippen LogP contribution in [0.1, 0.15) is 72.7 Å². The number of carboxylic acids is 1. The monoisotopic (exact) mass is 490 g/mol. The minimum atomic E-state index is -0.707. The van der Waals surface area contributed by atoms with Crippen LogP contribution in [0, 0.1) is 23.0 Å². The molecule has 2 aliphatic carbocycles. The third-order valence-corrected chi connectivity index (χ3v) is 9.06. The molecule has 3 aromatic rings. The van der Waals surface area contributed by atoms with Crippen LogP contribution >= 0.6 is 0 Å². The van der Waals surface area contributed by atoms with E-state index in [0.29, 0.717) is 43.5 Å². The Balaban J connectivity index is 1.43. The van der Waals surface area contributed by atoms with E-state index in [4.69, 9.17) is 4.74 Å². The highest BCUT2D eigenvalue weighted by Crippen LogP contribution is 2.65. The molecule has 3 fully saturated rings.